The number of alkyl halides is 3. The van der Waals surface area contributed by atoms with E-state index < -0.39 is 11.7 Å². The Labute approximate surface area is 125 Å². The molecule has 0 radical (unpaired) electrons. The van der Waals surface area contributed by atoms with Crippen molar-refractivity contribution in [3.8, 4) is 0 Å². The van der Waals surface area contributed by atoms with Crippen LogP contribution in [0.4, 0.5) is 18.9 Å². The van der Waals surface area contributed by atoms with Crippen molar-refractivity contribution in [3.05, 3.63) is 49.6 Å². The van der Waals surface area contributed by atoms with E-state index in [1.165, 1.54) is 23.5 Å². The van der Waals surface area contributed by atoms with E-state index in [0.29, 0.717) is 16.6 Å². The van der Waals surface area contributed by atoms with Crippen molar-refractivity contribution in [2.45, 2.75) is 12.7 Å². The number of thiophene rings is 1. The number of rotatable bonds is 3. The number of halogens is 5. The van der Waals surface area contributed by atoms with Gasteiger partial charge in [0.05, 0.1) is 5.56 Å². The highest BCUT2D eigenvalue weighted by molar-refractivity contribution is 9.10. The molecule has 0 unspecified atom stereocenters. The predicted octanol–water partition coefficient (Wildman–Crippen LogP) is 5.79. The fourth-order valence-corrected chi connectivity index (χ4v) is 3.17. The minimum Gasteiger partial charge on any atom is -0.380 e. The first-order valence-electron chi connectivity index (χ1n) is 5.21. The quantitative estimate of drug-likeness (QED) is 0.720. The van der Waals surface area contributed by atoms with E-state index in [4.69, 9.17) is 11.6 Å². The topological polar surface area (TPSA) is 12.0 Å². The number of hydrogen-bond acceptors (Lipinski definition) is 2. The number of benzene rings is 1. The molecule has 0 saturated carbocycles. The van der Waals surface area contributed by atoms with E-state index in [0.717, 1.165) is 21.5 Å². The summed E-state index contributed by atoms with van der Waals surface area (Å²) in [7, 11) is 0. The Morgan fingerprint density at radius 3 is 2.32 bits per heavy atom. The molecule has 0 amide bonds. The summed E-state index contributed by atoms with van der Waals surface area (Å²) in [6.07, 6.45) is -4.30. The summed E-state index contributed by atoms with van der Waals surface area (Å²) in [5.74, 6) is 0. The average molecular weight is 371 g/mol. The van der Waals surface area contributed by atoms with Crippen molar-refractivity contribution in [3.63, 3.8) is 0 Å². The normalized spacial score (nSPS) is 11.6. The van der Waals surface area contributed by atoms with Gasteiger partial charge < -0.3 is 5.32 Å². The molecule has 1 aromatic carbocycles. The maximum Gasteiger partial charge on any atom is 0.416 e. The Hall–Kier alpha value is -0.720. The molecule has 2 aromatic rings. The van der Waals surface area contributed by atoms with E-state index in [-0.39, 0.29) is 0 Å². The molecule has 0 aliphatic rings. The molecule has 0 fully saturated rings. The Morgan fingerprint density at radius 2 is 1.84 bits per heavy atom. The molecule has 0 aliphatic carbocycles. The van der Waals surface area contributed by atoms with Crippen molar-refractivity contribution in [2.75, 3.05) is 5.32 Å². The zero-order chi connectivity index (χ0) is 14.0. The third-order valence-corrected chi connectivity index (χ3v) is 4.85. The molecule has 1 aromatic heterocycles. The van der Waals surface area contributed by atoms with Crippen LogP contribution < -0.4 is 5.32 Å². The van der Waals surface area contributed by atoms with Gasteiger partial charge in [0.15, 0.2) is 0 Å². The third kappa shape index (κ3) is 3.87. The molecular weight excluding hydrogens is 363 g/mol. The van der Waals surface area contributed by atoms with Gasteiger partial charge in [-0.15, -0.1) is 11.3 Å². The Morgan fingerprint density at radius 1 is 1.21 bits per heavy atom. The third-order valence-electron chi connectivity index (χ3n) is 2.38. The van der Waals surface area contributed by atoms with Crippen LogP contribution >= 0.6 is 38.9 Å². The van der Waals surface area contributed by atoms with Gasteiger partial charge in [0.25, 0.3) is 0 Å². The van der Waals surface area contributed by atoms with Crippen LogP contribution in [-0.4, -0.2) is 0 Å². The van der Waals surface area contributed by atoms with Crippen molar-refractivity contribution in [1.82, 2.24) is 0 Å². The van der Waals surface area contributed by atoms with Gasteiger partial charge in [-0.3, -0.25) is 0 Å². The van der Waals surface area contributed by atoms with Gasteiger partial charge in [0.1, 0.15) is 4.34 Å². The zero-order valence-electron chi connectivity index (χ0n) is 9.39. The zero-order valence-corrected chi connectivity index (χ0v) is 12.6. The molecule has 0 atom stereocenters. The van der Waals surface area contributed by atoms with Crippen molar-refractivity contribution in [2.24, 2.45) is 0 Å². The number of hydrogen-bond donors (Lipinski definition) is 1. The first-order chi connectivity index (χ1) is 8.86. The highest BCUT2D eigenvalue weighted by atomic mass is 79.9. The molecule has 0 saturated heterocycles. The largest absolute Gasteiger partial charge is 0.416 e. The minimum atomic E-state index is -4.30. The molecule has 19 heavy (non-hydrogen) atoms. The van der Waals surface area contributed by atoms with Gasteiger partial charge in [-0.2, -0.15) is 13.2 Å². The van der Waals surface area contributed by atoms with Crippen LogP contribution in [0.15, 0.2) is 34.8 Å². The van der Waals surface area contributed by atoms with Gasteiger partial charge in [-0.1, -0.05) is 11.6 Å². The lowest BCUT2D eigenvalue weighted by Gasteiger charge is -2.08. The summed E-state index contributed by atoms with van der Waals surface area (Å²) in [5, 5.41) is 3.04. The maximum absolute atomic E-state index is 12.4. The molecule has 0 aliphatic heterocycles. The lowest BCUT2D eigenvalue weighted by molar-refractivity contribution is -0.137. The second-order valence-electron chi connectivity index (χ2n) is 3.76. The average Bonchev–Trinajstić information content (AvgIpc) is 2.66. The maximum atomic E-state index is 12.4. The summed E-state index contributed by atoms with van der Waals surface area (Å²) >= 11 is 10.6. The number of anilines is 1. The fourth-order valence-electron chi connectivity index (χ4n) is 1.44. The van der Waals surface area contributed by atoms with Crippen molar-refractivity contribution in [1.29, 1.82) is 0 Å². The van der Waals surface area contributed by atoms with Crippen LogP contribution in [0.1, 0.15) is 10.4 Å². The summed E-state index contributed by atoms with van der Waals surface area (Å²) in [5.41, 5.74) is -0.0198. The van der Waals surface area contributed by atoms with Gasteiger partial charge in [0.2, 0.25) is 0 Å². The molecule has 1 nitrogen and oxygen atoms in total. The molecule has 0 spiro atoms. The molecule has 2 rings (SSSR count). The SMILES string of the molecule is FC(F)(F)c1ccc(NCc2cc(Br)c(Cl)s2)cc1. The molecule has 1 N–H and O–H groups in total. The van der Waals surface area contributed by atoms with Gasteiger partial charge in [-0.25, -0.2) is 0 Å². The lowest BCUT2D eigenvalue weighted by Crippen LogP contribution is -2.05. The van der Waals surface area contributed by atoms with Crippen LogP contribution in [-0.2, 0) is 12.7 Å². The predicted molar refractivity (Wildman–Crippen MR) is 75.8 cm³/mol. The summed E-state index contributed by atoms with van der Waals surface area (Å²) in [6.45, 7) is 0.515. The fraction of sp³-hybridized carbons (Fsp3) is 0.167. The Balaban J connectivity index is 2.00. The van der Waals surface area contributed by atoms with Gasteiger partial charge >= 0.3 is 6.18 Å². The smallest absolute Gasteiger partial charge is 0.380 e. The Bertz CT molecular complexity index is 546. The molecule has 0 bridgehead atoms. The second kappa shape index (κ2) is 5.73. The van der Waals surface area contributed by atoms with Crippen molar-refractivity contribution >= 4 is 44.6 Å². The van der Waals surface area contributed by atoms with E-state index in [9.17, 15) is 13.2 Å². The second-order valence-corrected chi connectivity index (χ2v) is 6.36. The summed E-state index contributed by atoms with van der Waals surface area (Å²) in [6, 6.07) is 6.81. The molecule has 1 heterocycles. The van der Waals surface area contributed by atoms with E-state index in [1.54, 1.807) is 0 Å². The standard InChI is InChI=1S/C12H8BrClF3NS/c13-10-5-9(19-11(10)14)6-18-8-3-1-7(2-4-8)12(15,16)17/h1-5,18H,6H2. The molecule has 7 heteroatoms. The molecule has 102 valence electrons. The van der Waals surface area contributed by atoms with Crippen LogP contribution in [0, 0.1) is 0 Å². The summed E-state index contributed by atoms with van der Waals surface area (Å²) < 4.78 is 38.6. The van der Waals surface area contributed by atoms with Gasteiger partial charge in [-0.05, 0) is 46.3 Å². The minimum absolute atomic E-state index is 0.515. The van der Waals surface area contributed by atoms with E-state index >= 15 is 0 Å². The first-order valence-corrected chi connectivity index (χ1v) is 7.20. The van der Waals surface area contributed by atoms with Crippen LogP contribution in [0.5, 0.6) is 0 Å². The summed E-state index contributed by atoms with van der Waals surface area (Å²) in [4.78, 5) is 0.997. The van der Waals surface area contributed by atoms with E-state index in [1.807, 2.05) is 6.07 Å². The van der Waals surface area contributed by atoms with Crippen molar-refractivity contribution < 1.29 is 13.2 Å². The van der Waals surface area contributed by atoms with E-state index in [2.05, 4.69) is 21.2 Å². The highest BCUT2D eigenvalue weighted by Crippen LogP contribution is 2.33. The van der Waals surface area contributed by atoms with Crippen LogP contribution in [0.25, 0.3) is 0 Å². The monoisotopic (exact) mass is 369 g/mol. The number of nitrogens with one attached hydrogen (secondary N) is 1. The van der Waals surface area contributed by atoms with Crippen LogP contribution in [0.3, 0.4) is 0 Å². The van der Waals surface area contributed by atoms with Gasteiger partial charge in [0, 0.05) is 21.6 Å². The Kier molecular flexibility index (Phi) is 4.43. The molecular formula is C12H8BrClF3NS. The van der Waals surface area contributed by atoms with Crippen LogP contribution in [0.2, 0.25) is 4.34 Å². The highest BCUT2D eigenvalue weighted by Gasteiger charge is 2.29. The lowest BCUT2D eigenvalue weighted by atomic mass is 10.2. The first kappa shape index (κ1) is 14.7.